The van der Waals surface area contributed by atoms with Gasteiger partial charge in [0.2, 0.25) is 5.82 Å². The molecule has 106 valence electrons. The molecule has 4 nitrogen and oxygen atoms in total. The molecule has 0 aliphatic carbocycles. The molecule has 1 aromatic heterocycles. The first-order chi connectivity index (χ1) is 10.2. The first-order valence-corrected chi connectivity index (χ1v) is 6.97. The zero-order chi connectivity index (χ0) is 14.7. The molecule has 3 aromatic rings. The molecule has 0 aliphatic heterocycles. The Hall–Kier alpha value is -2.21. The quantitative estimate of drug-likeness (QED) is 0.708. The second-order valence-corrected chi connectivity index (χ2v) is 5.16. The van der Waals surface area contributed by atoms with Crippen LogP contribution >= 0.6 is 15.9 Å². The summed E-state index contributed by atoms with van der Waals surface area (Å²) in [5.74, 6) is 0.450. The third-order valence-corrected chi connectivity index (χ3v) is 3.24. The van der Waals surface area contributed by atoms with E-state index in [1.54, 1.807) is 6.07 Å². The molecule has 0 spiro atoms. The van der Waals surface area contributed by atoms with Crippen LogP contribution in [-0.2, 0) is 6.61 Å². The second kappa shape index (κ2) is 6.05. The minimum atomic E-state index is -0.452. The van der Waals surface area contributed by atoms with Crippen LogP contribution in [0.3, 0.4) is 0 Å². The lowest BCUT2D eigenvalue weighted by atomic mass is 10.2. The molecule has 21 heavy (non-hydrogen) atoms. The first kappa shape index (κ1) is 13.8. The topological polar surface area (TPSA) is 48.2 Å². The van der Waals surface area contributed by atoms with Crippen LogP contribution in [0, 0.1) is 5.82 Å². The molecule has 0 radical (unpaired) electrons. The highest BCUT2D eigenvalue weighted by atomic mass is 79.9. The molecule has 0 saturated carbocycles. The molecule has 0 saturated heterocycles. The number of rotatable bonds is 4. The highest BCUT2D eigenvalue weighted by molar-refractivity contribution is 9.10. The molecule has 2 aromatic carbocycles. The van der Waals surface area contributed by atoms with Crippen LogP contribution in [0.4, 0.5) is 4.39 Å². The van der Waals surface area contributed by atoms with Crippen molar-refractivity contribution in [3.05, 3.63) is 64.7 Å². The SMILES string of the molecule is Fc1cc(Br)ccc1OCc1nc(-c2ccccc2)no1. The van der Waals surface area contributed by atoms with Gasteiger partial charge in [-0.3, -0.25) is 0 Å². The van der Waals surface area contributed by atoms with Gasteiger partial charge in [-0.1, -0.05) is 51.4 Å². The van der Waals surface area contributed by atoms with E-state index in [0.717, 1.165) is 5.56 Å². The lowest BCUT2D eigenvalue weighted by molar-refractivity contribution is 0.234. The third kappa shape index (κ3) is 3.28. The molecule has 0 bridgehead atoms. The summed E-state index contributed by atoms with van der Waals surface area (Å²) in [5.41, 5.74) is 0.849. The maximum Gasteiger partial charge on any atom is 0.264 e. The summed E-state index contributed by atoms with van der Waals surface area (Å²) in [4.78, 5) is 4.21. The minimum absolute atomic E-state index is 0.0123. The second-order valence-electron chi connectivity index (χ2n) is 4.24. The molecular formula is C15H10BrFN2O2. The molecule has 1 heterocycles. The summed E-state index contributed by atoms with van der Waals surface area (Å²) in [5, 5.41) is 3.87. The van der Waals surface area contributed by atoms with Crippen molar-refractivity contribution < 1.29 is 13.7 Å². The van der Waals surface area contributed by atoms with Gasteiger partial charge in [0.25, 0.3) is 5.89 Å². The van der Waals surface area contributed by atoms with Gasteiger partial charge < -0.3 is 9.26 Å². The van der Waals surface area contributed by atoms with Crippen LogP contribution < -0.4 is 4.74 Å². The van der Waals surface area contributed by atoms with Crippen LogP contribution in [0.1, 0.15) is 5.89 Å². The lowest BCUT2D eigenvalue weighted by Crippen LogP contribution is -1.97. The molecule has 0 unspecified atom stereocenters. The average molecular weight is 349 g/mol. The van der Waals surface area contributed by atoms with Crippen LogP contribution in [0.5, 0.6) is 5.75 Å². The largest absolute Gasteiger partial charge is 0.481 e. The Kier molecular flexibility index (Phi) is 3.96. The van der Waals surface area contributed by atoms with E-state index in [1.165, 1.54) is 12.1 Å². The van der Waals surface area contributed by atoms with E-state index in [4.69, 9.17) is 9.26 Å². The molecule has 0 N–H and O–H groups in total. The summed E-state index contributed by atoms with van der Waals surface area (Å²) in [6.07, 6.45) is 0. The Labute approximate surface area is 128 Å². The Balaban J connectivity index is 1.70. The van der Waals surface area contributed by atoms with Crippen molar-refractivity contribution in [1.29, 1.82) is 0 Å². The van der Waals surface area contributed by atoms with E-state index in [2.05, 4.69) is 26.1 Å². The summed E-state index contributed by atoms with van der Waals surface area (Å²) < 4.78 is 24.7. The van der Waals surface area contributed by atoms with Crippen molar-refractivity contribution in [2.45, 2.75) is 6.61 Å². The van der Waals surface area contributed by atoms with Gasteiger partial charge in [-0.25, -0.2) is 4.39 Å². The first-order valence-electron chi connectivity index (χ1n) is 6.18. The molecule has 3 rings (SSSR count). The highest BCUT2D eigenvalue weighted by Crippen LogP contribution is 2.22. The van der Waals surface area contributed by atoms with E-state index < -0.39 is 5.82 Å². The van der Waals surface area contributed by atoms with Crippen LogP contribution in [0.15, 0.2) is 57.5 Å². The number of ether oxygens (including phenoxy) is 1. The van der Waals surface area contributed by atoms with Crippen molar-refractivity contribution >= 4 is 15.9 Å². The highest BCUT2D eigenvalue weighted by Gasteiger charge is 2.10. The third-order valence-electron chi connectivity index (χ3n) is 2.75. The molecule has 0 aliphatic rings. The number of aromatic nitrogens is 2. The van der Waals surface area contributed by atoms with E-state index in [0.29, 0.717) is 10.3 Å². The Morgan fingerprint density at radius 3 is 2.71 bits per heavy atom. The predicted octanol–water partition coefficient (Wildman–Crippen LogP) is 4.22. The molecule has 0 amide bonds. The van der Waals surface area contributed by atoms with Crippen LogP contribution in [0.25, 0.3) is 11.4 Å². The summed E-state index contributed by atoms with van der Waals surface area (Å²) >= 11 is 3.19. The van der Waals surface area contributed by atoms with E-state index in [1.807, 2.05) is 30.3 Å². The molecule has 0 atom stereocenters. The van der Waals surface area contributed by atoms with Gasteiger partial charge in [0, 0.05) is 10.0 Å². The number of hydrogen-bond acceptors (Lipinski definition) is 4. The van der Waals surface area contributed by atoms with Crippen molar-refractivity contribution in [3.8, 4) is 17.1 Å². The minimum Gasteiger partial charge on any atom is -0.481 e. The standard InChI is InChI=1S/C15H10BrFN2O2/c16-11-6-7-13(12(17)8-11)20-9-14-18-15(19-21-14)10-4-2-1-3-5-10/h1-8H,9H2. The van der Waals surface area contributed by atoms with Gasteiger partial charge in [0.05, 0.1) is 0 Å². The maximum atomic E-state index is 13.6. The summed E-state index contributed by atoms with van der Waals surface area (Å²) in [6.45, 7) is 0.0123. The fourth-order valence-electron chi connectivity index (χ4n) is 1.75. The summed E-state index contributed by atoms with van der Waals surface area (Å²) in [6, 6.07) is 14.0. The average Bonchev–Trinajstić information content (AvgIpc) is 2.96. The molecular weight excluding hydrogens is 339 g/mol. The molecule has 0 fully saturated rings. The van der Waals surface area contributed by atoms with Crippen molar-refractivity contribution in [3.63, 3.8) is 0 Å². The van der Waals surface area contributed by atoms with Crippen molar-refractivity contribution in [2.75, 3.05) is 0 Å². The Morgan fingerprint density at radius 1 is 1.14 bits per heavy atom. The molecule has 6 heteroatoms. The fourth-order valence-corrected chi connectivity index (χ4v) is 2.08. The van der Waals surface area contributed by atoms with Gasteiger partial charge in [-0.2, -0.15) is 4.98 Å². The van der Waals surface area contributed by atoms with E-state index >= 15 is 0 Å². The predicted molar refractivity (Wildman–Crippen MR) is 78.2 cm³/mol. The zero-order valence-corrected chi connectivity index (χ0v) is 12.4. The summed E-state index contributed by atoms with van der Waals surface area (Å²) in [7, 11) is 0. The van der Waals surface area contributed by atoms with E-state index in [9.17, 15) is 4.39 Å². The van der Waals surface area contributed by atoms with Crippen LogP contribution in [0.2, 0.25) is 0 Å². The van der Waals surface area contributed by atoms with Crippen molar-refractivity contribution in [1.82, 2.24) is 10.1 Å². The Bertz CT molecular complexity index is 746. The number of halogens is 2. The van der Waals surface area contributed by atoms with Gasteiger partial charge in [0.1, 0.15) is 0 Å². The van der Waals surface area contributed by atoms with Crippen molar-refractivity contribution in [2.24, 2.45) is 0 Å². The number of nitrogens with zero attached hydrogens (tertiary/aromatic N) is 2. The van der Waals surface area contributed by atoms with Gasteiger partial charge in [-0.15, -0.1) is 0 Å². The normalized spacial score (nSPS) is 10.6. The van der Waals surface area contributed by atoms with Crippen LogP contribution in [-0.4, -0.2) is 10.1 Å². The maximum absolute atomic E-state index is 13.6. The van der Waals surface area contributed by atoms with Gasteiger partial charge in [0.15, 0.2) is 18.2 Å². The van der Waals surface area contributed by atoms with Gasteiger partial charge in [-0.05, 0) is 18.2 Å². The number of benzene rings is 2. The monoisotopic (exact) mass is 348 g/mol. The lowest BCUT2D eigenvalue weighted by Gasteiger charge is -2.04. The smallest absolute Gasteiger partial charge is 0.264 e. The fraction of sp³-hybridized carbons (Fsp3) is 0.0667. The zero-order valence-electron chi connectivity index (χ0n) is 10.8. The van der Waals surface area contributed by atoms with Gasteiger partial charge >= 0.3 is 0 Å². The number of hydrogen-bond donors (Lipinski definition) is 0. The Morgan fingerprint density at radius 2 is 1.95 bits per heavy atom. The van der Waals surface area contributed by atoms with E-state index in [-0.39, 0.29) is 18.2 Å².